The third-order valence-electron chi connectivity index (χ3n) is 2.33. The van der Waals surface area contributed by atoms with Crippen molar-refractivity contribution in [3.05, 3.63) is 51.0 Å². The third kappa shape index (κ3) is 3.57. The lowest BCUT2D eigenvalue weighted by Crippen LogP contribution is -2.06. The van der Waals surface area contributed by atoms with Gasteiger partial charge in [0.2, 0.25) is 0 Å². The van der Waals surface area contributed by atoms with E-state index in [1.165, 1.54) is 10.5 Å². The minimum atomic E-state index is 0.847. The number of hydrogen-bond acceptors (Lipinski definition) is 3. The van der Waals surface area contributed by atoms with E-state index >= 15 is 0 Å². The minimum Gasteiger partial charge on any atom is -0.316 e. The molecule has 2 nitrogen and oxygen atoms in total. The largest absolute Gasteiger partial charge is 0.316 e. The van der Waals surface area contributed by atoms with Gasteiger partial charge in [-0.3, -0.25) is 0 Å². The monoisotopic (exact) mass is 386 g/mol. The van der Waals surface area contributed by atoms with Crippen LogP contribution in [0.15, 0.2) is 55.4 Å². The lowest BCUT2D eigenvalue weighted by Gasteiger charge is -2.09. The number of halogens is 2. The van der Waals surface area contributed by atoms with Crippen molar-refractivity contribution in [2.24, 2.45) is 0 Å². The standard InChI is InChI=1S/C13H12Br2N2S/c1-16-8-9-4-5-10(14)7-12(9)18-13-11(15)3-2-6-17-13/h2-7,16H,8H2,1H3. The van der Waals surface area contributed by atoms with Gasteiger partial charge in [0, 0.05) is 22.1 Å². The summed E-state index contributed by atoms with van der Waals surface area (Å²) >= 11 is 8.71. The molecule has 5 heteroatoms. The summed E-state index contributed by atoms with van der Waals surface area (Å²) < 4.78 is 2.10. The number of pyridine rings is 1. The first kappa shape index (κ1) is 14.1. The van der Waals surface area contributed by atoms with Crippen molar-refractivity contribution in [1.29, 1.82) is 0 Å². The molecular weight excluding hydrogens is 376 g/mol. The number of benzene rings is 1. The zero-order valence-corrected chi connectivity index (χ0v) is 13.8. The zero-order chi connectivity index (χ0) is 13.0. The average molecular weight is 388 g/mol. The van der Waals surface area contributed by atoms with Crippen LogP contribution in [-0.4, -0.2) is 12.0 Å². The van der Waals surface area contributed by atoms with E-state index in [0.717, 1.165) is 20.5 Å². The van der Waals surface area contributed by atoms with Crippen molar-refractivity contribution in [3.8, 4) is 0 Å². The molecule has 0 radical (unpaired) electrons. The molecule has 0 bridgehead atoms. The van der Waals surface area contributed by atoms with Gasteiger partial charge in [0.15, 0.2) is 0 Å². The van der Waals surface area contributed by atoms with E-state index in [2.05, 4.69) is 60.4 Å². The van der Waals surface area contributed by atoms with Crippen molar-refractivity contribution in [3.63, 3.8) is 0 Å². The third-order valence-corrected chi connectivity index (χ3v) is 4.84. The summed E-state index contributed by atoms with van der Waals surface area (Å²) in [4.78, 5) is 5.59. The SMILES string of the molecule is CNCc1ccc(Br)cc1Sc1ncccc1Br. The molecule has 0 aliphatic heterocycles. The van der Waals surface area contributed by atoms with Gasteiger partial charge in [-0.2, -0.15) is 0 Å². The van der Waals surface area contributed by atoms with Gasteiger partial charge in [-0.05, 0) is 52.8 Å². The van der Waals surface area contributed by atoms with Crippen LogP contribution in [0.2, 0.25) is 0 Å². The maximum absolute atomic E-state index is 4.38. The Morgan fingerprint density at radius 1 is 1.28 bits per heavy atom. The number of nitrogens with one attached hydrogen (secondary N) is 1. The first-order valence-electron chi connectivity index (χ1n) is 5.42. The van der Waals surface area contributed by atoms with Crippen LogP contribution in [0.4, 0.5) is 0 Å². The summed E-state index contributed by atoms with van der Waals surface area (Å²) in [5.41, 5.74) is 1.27. The summed E-state index contributed by atoms with van der Waals surface area (Å²) in [6.07, 6.45) is 1.81. The maximum Gasteiger partial charge on any atom is 0.115 e. The molecule has 0 spiro atoms. The molecule has 94 valence electrons. The van der Waals surface area contributed by atoms with E-state index in [-0.39, 0.29) is 0 Å². The van der Waals surface area contributed by atoms with E-state index in [1.54, 1.807) is 11.8 Å². The van der Waals surface area contributed by atoms with E-state index in [9.17, 15) is 0 Å². The van der Waals surface area contributed by atoms with Crippen LogP contribution in [0.1, 0.15) is 5.56 Å². The first-order valence-corrected chi connectivity index (χ1v) is 7.82. The lowest BCUT2D eigenvalue weighted by molar-refractivity contribution is 0.802. The Morgan fingerprint density at radius 3 is 2.83 bits per heavy atom. The summed E-state index contributed by atoms with van der Waals surface area (Å²) in [7, 11) is 1.95. The number of hydrogen-bond donors (Lipinski definition) is 1. The Kier molecular flexibility index (Phi) is 5.24. The predicted octanol–water partition coefficient (Wildman–Crippen LogP) is 4.48. The molecule has 1 aromatic carbocycles. The van der Waals surface area contributed by atoms with E-state index in [4.69, 9.17) is 0 Å². The molecule has 2 rings (SSSR count). The van der Waals surface area contributed by atoms with E-state index in [1.807, 2.05) is 25.4 Å². The molecule has 0 fully saturated rings. The second-order valence-electron chi connectivity index (χ2n) is 3.67. The molecule has 0 amide bonds. The van der Waals surface area contributed by atoms with Gasteiger partial charge >= 0.3 is 0 Å². The molecule has 2 aromatic rings. The van der Waals surface area contributed by atoms with Gasteiger partial charge < -0.3 is 5.32 Å². The fraction of sp³-hybridized carbons (Fsp3) is 0.154. The van der Waals surface area contributed by atoms with Crippen LogP contribution in [0.25, 0.3) is 0 Å². The molecule has 0 aliphatic rings. The highest BCUT2D eigenvalue weighted by Gasteiger charge is 2.08. The van der Waals surface area contributed by atoms with Crippen molar-refractivity contribution in [2.75, 3.05) is 7.05 Å². The van der Waals surface area contributed by atoms with Gasteiger partial charge in [0.25, 0.3) is 0 Å². The van der Waals surface area contributed by atoms with Crippen molar-refractivity contribution < 1.29 is 0 Å². The van der Waals surface area contributed by atoms with Gasteiger partial charge in [0.1, 0.15) is 5.03 Å². The Hall–Kier alpha value is -0.360. The molecular formula is C13H12Br2N2S. The Bertz CT molecular complexity index is 546. The van der Waals surface area contributed by atoms with E-state index in [0.29, 0.717) is 0 Å². The molecule has 1 aromatic heterocycles. The van der Waals surface area contributed by atoms with Gasteiger partial charge in [0.05, 0.1) is 4.47 Å². The van der Waals surface area contributed by atoms with Crippen molar-refractivity contribution in [1.82, 2.24) is 10.3 Å². The second kappa shape index (κ2) is 6.70. The highest BCUT2D eigenvalue weighted by Crippen LogP contribution is 2.35. The molecule has 1 heterocycles. The second-order valence-corrected chi connectivity index (χ2v) is 6.48. The van der Waals surface area contributed by atoms with Crippen LogP contribution in [0, 0.1) is 0 Å². The summed E-state index contributed by atoms with van der Waals surface area (Å²) in [5.74, 6) is 0. The van der Waals surface area contributed by atoms with Crippen LogP contribution >= 0.6 is 43.6 Å². The van der Waals surface area contributed by atoms with Gasteiger partial charge in [-0.15, -0.1) is 0 Å². The van der Waals surface area contributed by atoms with Crippen LogP contribution in [0.5, 0.6) is 0 Å². The minimum absolute atomic E-state index is 0.847. The number of nitrogens with zero attached hydrogens (tertiary/aromatic N) is 1. The van der Waals surface area contributed by atoms with Crippen LogP contribution < -0.4 is 5.32 Å². The topological polar surface area (TPSA) is 24.9 Å². The Labute approximate surface area is 128 Å². The van der Waals surface area contributed by atoms with Gasteiger partial charge in [-0.25, -0.2) is 4.98 Å². The molecule has 0 saturated carbocycles. The molecule has 18 heavy (non-hydrogen) atoms. The number of aromatic nitrogens is 1. The molecule has 1 N–H and O–H groups in total. The quantitative estimate of drug-likeness (QED) is 0.837. The Morgan fingerprint density at radius 2 is 2.11 bits per heavy atom. The predicted molar refractivity (Wildman–Crippen MR) is 83.0 cm³/mol. The maximum atomic E-state index is 4.38. The van der Waals surface area contributed by atoms with Crippen LogP contribution in [-0.2, 0) is 6.54 Å². The smallest absolute Gasteiger partial charge is 0.115 e. The van der Waals surface area contributed by atoms with Crippen molar-refractivity contribution >= 4 is 43.6 Å². The summed E-state index contributed by atoms with van der Waals surface area (Å²) in [6.45, 7) is 0.847. The highest BCUT2D eigenvalue weighted by atomic mass is 79.9. The fourth-order valence-corrected chi connectivity index (χ4v) is 3.47. The lowest BCUT2D eigenvalue weighted by atomic mass is 10.2. The average Bonchev–Trinajstić information content (AvgIpc) is 2.36. The summed E-state index contributed by atoms with van der Waals surface area (Å²) in [6, 6.07) is 10.2. The molecule has 0 unspecified atom stereocenters. The molecule has 0 atom stereocenters. The van der Waals surface area contributed by atoms with Crippen molar-refractivity contribution in [2.45, 2.75) is 16.5 Å². The normalized spacial score (nSPS) is 10.6. The molecule has 0 saturated heterocycles. The first-order chi connectivity index (χ1) is 8.70. The summed E-state index contributed by atoms with van der Waals surface area (Å²) in [5, 5.41) is 4.16. The highest BCUT2D eigenvalue weighted by molar-refractivity contribution is 9.10. The molecule has 0 aliphatic carbocycles. The number of rotatable bonds is 4. The Balaban J connectivity index is 2.33. The van der Waals surface area contributed by atoms with Crippen LogP contribution in [0.3, 0.4) is 0 Å². The fourth-order valence-electron chi connectivity index (χ4n) is 1.51. The van der Waals surface area contributed by atoms with Gasteiger partial charge in [-0.1, -0.05) is 33.8 Å². The zero-order valence-electron chi connectivity index (χ0n) is 9.78. The van der Waals surface area contributed by atoms with E-state index < -0.39 is 0 Å².